The van der Waals surface area contributed by atoms with Crippen LogP contribution in [0.25, 0.3) is 0 Å². The number of rotatable bonds is 5. The van der Waals surface area contributed by atoms with Crippen LogP contribution >= 0.6 is 0 Å². The molecule has 140 valence electrons. The van der Waals surface area contributed by atoms with Crippen LogP contribution in [0.4, 0.5) is 13.2 Å². The molecule has 1 aliphatic heterocycles. The van der Waals surface area contributed by atoms with Gasteiger partial charge in [-0.05, 0) is 44.0 Å². The Balaban J connectivity index is 2.13. The molecule has 0 unspecified atom stereocenters. The Morgan fingerprint density at radius 3 is 2.48 bits per heavy atom. The number of piperidine rings is 1. The summed E-state index contributed by atoms with van der Waals surface area (Å²) in [5.74, 6) is -1.50. The van der Waals surface area contributed by atoms with E-state index in [0.717, 1.165) is 28.6 Å². The number of hydrogen-bond donors (Lipinski definition) is 0. The minimum Gasteiger partial charge on any atom is -0.466 e. The predicted octanol–water partition coefficient (Wildman–Crippen LogP) is 2.55. The highest BCUT2D eigenvalue weighted by Crippen LogP contribution is 2.27. The summed E-state index contributed by atoms with van der Waals surface area (Å²) in [4.78, 5) is 11.7. The van der Waals surface area contributed by atoms with Gasteiger partial charge in [0, 0.05) is 13.1 Å². The second kappa shape index (κ2) is 7.61. The van der Waals surface area contributed by atoms with Gasteiger partial charge >= 0.3 is 12.3 Å². The van der Waals surface area contributed by atoms with Gasteiger partial charge in [0.15, 0.2) is 0 Å². The number of hydrogen-bond acceptors (Lipinski definition) is 5. The summed E-state index contributed by atoms with van der Waals surface area (Å²) < 4.78 is 71.5. The van der Waals surface area contributed by atoms with Crippen LogP contribution in [0.15, 0.2) is 29.2 Å². The van der Waals surface area contributed by atoms with E-state index >= 15 is 0 Å². The summed E-state index contributed by atoms with van der Waals surface area (Å²) in [6.07, 6.45) is -3.82. The van der Waals surface area contributed by atoms with Crippen molar-refractivity contribution in [3.8, 4) is 5.75 Å². The highest BCUT2D eigenvalue weighted by atomic mass is 32.2. The lowest BCUT2D eigenvalue weighted by Gasteiger charge is -2.30. The highest BCUT2D eigenvalue weighted by molar-refractivity contribution is 7.89. The van der Waals surface area contributed by atoms with E-state index in [4.69, 9.17) is 4.74 Å². The van der Waals surface area contributed by atoms with Gasteiger partial charge < -0.3 is 9.47 Å². The summed E-state index contributed by atoms with van der Waals surface area (Å²) in [6, 6.07) is 3.97. The van der Waals surface area contributed by atoms with Crippen LogP contribution in [-0.4, -0.2) is 44.8 Å². The van der Waals surface area contributed by atoms with Gasteiger partial charge in [0.2, 0.25) is 10.0 Å². The third kappa shape index (κ3) is 5.08. The van der Waals surface area contributed by atoms with Crippen molar-refractivity contribution in [3.05, 3.63) is 24.3 Å². The SMILES string of the molecule is CCOC(=O)[C@H]1CCCN(S(=O)(=O)c2ccc(OC(F)(F)F)cc2)C1. The van der Waals surface area contributed by atoms with Crippen molar-refractivity contribution in [2.75, 3.05) is 19.7 Å². The van der Waals surface area contributed by atoms with Gasteiger partial charge in [0.25, 0.3) is 0 Å². The Bertz CT molecular complexity index is 703. The van der Waals surface area contributed by atoms with Crippen LogP contribution < -0.4 is 4.74 Å². The average Bonchev–Trinajstić information content (AvgIpc) is 2.54. The molecule has 0 radical (unpaired) electrons. The Morgan fingerprint density at radius 2 is 1.92 bits per heavy atom. The molecule has 2 rings (SSSR count). The van der Waals surface area contributed by atoms with Gasteiger partial charge in [0.1, 0.15) is 5.75 Å². The van der Waals surface area contributed by atoms with Crippen molar-refractivity contribution in [1.82, 2.24) is 4.31 Å². The van der Waals surface area contributed by atoms with Gasteiger partial charge in [-0.2, -0.15) is 4.31 Å². The fourth-order valence-corrected chi connectivity index (χ4v) is 4.10. The number of sulfonamides is 1. The number of alkyl halides is 3. The quantitative estimate of drug-likeness (QED) is 0.733. The smallest absolute Gasteiger partial charge is 0.466 e. The zero-order valence-electron chi connectivity index (χ0n) is 13.5. The molecule has 0 bridgehead atoms. The maximum Gasteiger partial charge on any atom is 0.573 e. The Kier molecular flexibility index (Phi) is 5.94. The van der Waals surface area contributed by atoms with Crippen molar-refractivity contribution in [2.45, 2.75) is 31.0 Å². The predicted molar refractivity (Wildman–Crippen MR) is 81.2 cm³/mol. The molecule has 0 amide bonds. The van der Waals surface area contributed by atoms with Crippen molar-refractivity contribution >= 4 is 16.0 Å². The van der Waals surface area contributed by atoms with Crippen LogP contribution in [0.5, 0.6) is 5.75 Å². The molecule has 0 aliphatic carbocycles. The molecule has 1 atom stereocenters. The molecular weight excluding hydrogens is 363 g/mol. The lowest BCUT2D eigenvalue weighted by atomic mass is 10.0. The molecule has 0 spiro atoms. The number of esters is 1. The molecule has 1 aliphatic rings. The minimum absolute atomic E-state index is 0.0119. The first kappa shape index (κ1) is 19.5. The van der Waals surface area contributed by atoms with E-state index in [1.54, 1.807) is 6.92 Å². The Hall–Kier alpha value is -1.81. The molecule has 1 fully saturated rings. The molecule has 0 saturated carbocycles. The minimum atomic E-state index is -4.85. The molecular formula is C15H18F3NO5S. The van der Waals surface area contributed by atoms with E-state index in [1.807, 2.05) is 0 Å². The number of nitrogens with zero attached hydrogens (tertiary/aromatic N) is 1. The highest BCUT2D eigenvalue weighted by Gasteiger charge is 2.34. The van der Waals surface area contributed by atoms with Crippen molar-refractivity contribution in [1.29, 1.82) is 0 Å². The zero-order chi connectivity index (χ0) is 18.7. The van der Waals surface area contributed by atoms with Crippen LogP contribution in [0.1, 0.15) is 19.8 Å². The lowest BCUT2D eigenvalue weighted by molar-refractivity contribution is -0.274. The molecule has 1 saturated heterocycles. The normalized spacial score (nSPS) is 19.4. The average molecular weight is 381 g/mol. The zero-order valence-corrected chi connectivity index (χ0v) is 14.3. The van der Waals surface area contributed by atoms with Gasteiger partial charge in [-0.3, -0.25) is 4.79 Å². The molecule has 6 nitrogen and oxygen atoms in total. The van der Waals surface area contributed by atoms with E-state index in [2.05, 4.69) is 4.74 Å². The van der Waals surface area contributed by atoms with Crippen molar-refractivity contribution < 1.29 is 35.9 Å². The van der Waals surface area contributed by atoms with Crippen molar-refractivity contribution in [3.63, 3.8) is 0 Å². The molecule has 0 N–H and O–H groups in total. The monoisotopic (exact) mass is 381 g/mol. The van der Waals surface area contributed by atoms with E-state index in [1.165, 1.54) is 0 Å². The van der Waals surface area contributed by atoms with Gasteiger partial charge in [0.05, 0.1) is 17.4 Å². The van der Waals surface area contributed by atoms with Crippen LogP contribution in [0, 0.1) is 5.92 Å². The van der Waals surface area contributed by atoms with E-state index < -0.39 is 34.0 Å². The van der Waals surface area contributed by atoms with Crippen molar-refractivity contribution in [2.24, 2.45) is 5.92 Å². The Labute approximate surface area is 143 Å². The Morgan fingerprint density at radius 1 is 1.28 bits per heavy atom. The molecule has 25 heavy (non-hydrogen) atoms. The molecule has 0 aromatic heterocycles. The van der Waals surface area contributed by atoms with Crippen LogP contribution in [-0.2, 0) is 19.6 Å². The van der Waals surface area contributed by atoms with Gasteiger partial charge in [-0.25, -0.2) is 8.42 Å². The van der Waals surface area contributed by atoms with Crippen LogP contribution in [0.2, 0.25) is 0 Å². The second-order valence-electron chi connectivity index (χ2n) is 5.47. The molecule has 1 aromatic rings. The maximum atomic E-state index is 12.6. The first-order valence-electron chi connectivity index (χ1n) is 7.66. The molecule has 1 heterocycles. The summed E-state index contributed by atoms with van der Waals surface area (Å²) >= 11 is 0. The largest absolute Gasteiger partial charge is 0.573 e. The van der Waals surface area contributed by atoms with E-state index in [0.29, 0.717) is 12.8 Å². The molecule has 1 aromatic carbocycles. The fourth-order valence-electron chi connectivity index (χ4n) is 2.58. The third-order valence-corrected chi connectivity index (χ3v) is 5.58. The van der Waals surface area contributed by atoms with Crippen LogP contribution in [0.3, 0.4) is 0 Å². The maximum absolute atomic E-state index is 12.6. The number of carbonyl (C=O) groups excluding carboxylic acids is 1. The standard InChI is InChI=1S/C15H18F3NO5S/c1-2-23-14(20)11-4-3-9-19(10-11)25(21,22)13-7-5-12(6-8-13)24-15(16,17)18/h5-8,11H,2-4,9-10H2,1H3/t11-/m0/s1. The number of halogens is 3. The second-order valence-corrected chi connectivity index (χ2v) is 7.41. The number of ether oxygens (including phenoxy) is 2. The number of benzene rings is 1. The summed E-state index contributed by atoms with van der Waals surface area (Å²) in [5, 5.41) is 0. The van der Waals surface area contributed by atoms with Gasteiger partial charge in [-0.15, -0.1) is 13.2 Å². The van der Waals surface area contributed by atoms with E-state index in [9.17, 15) is 26.4 Å². The van der Waals surface area contributed by atoms with Gasteiger partial charge in [-0.1, -0.05) is 0 Å². The molecule has 10 heteroatoms. The summed E-state index contributed by atoms with van der Waals surface area (Å²) in [6.45, 7) is 2.10. The first-order chi connectivity index (χ1) is 11.6. The summed E-state index contributed by atoms with van der Waals surface area (Å²) in [7, 11) is -3.92. The number of carbonyl (C=O) groups is 1. The third-order valence-electron chi connectivity index (χ3n) is 3.70. The topological polar surface area (TPSA) is 72.9 Å². The summed E-state index contributed by atoms with van der Waals surface area (Å²) in [5.41, 5.74) is 0. The van der Waals surface area contributed by atoms with E-state index in [-0.39, 0.29) is 24.6 Å². The first-order valence-corrected chi connectivity index (χ1v) is 9.10. The lowest BCUT2D eigenvalue weighted by Crippen LogP contribution is -2.42. The fraction of sp³-hybridized carbons (Fsp3) is 0.533.